The Morgan fingerprint density at radius 2 is 1.63 bits per heavy atom. The van der Waals surface area contributed by atoms with E-state index in [4.69, 9.17) is 0 Å². The molecule has 0 radical (unpaired) electrons. The van der Waals surface area contributed by atoms with Crippen molar-refractivity contribution in [2.75, 3.05) is 0 Å². The summed E-state index contributed by atoms with van der Waals surface area (Å²) in [6.07, 6.45) is 1.69. The Morgan fingerprint density at radius 3 is 2.37 bits per heavy atom. The SMILES string of the molecule is Cn1c(=O)[nH]c(=O)c2c1n1c(-c3ccccc3)nnc1n2CCCc1ccccc1. The second kappa shape index (κ2) is 7.14. The lowest BCUT2D eigenvalue weighted by atomic mass is 10.1. The van der Waals surface area contributed by atoms with Gasteiger partial charge in [-0.1, -0.05) is 60.7 Å². The standard InChI is InChI=1S/C22H20N6O2/c1-26-20-17(19(29)23-22(26)30)27(14-8-11-15-9-4-2-5-10-15)21-25-24-18(28(20)21)16-12-6-3-7-13-16/h2-7,9-10,12-13H,8,11,14H2,1H3,(H,23,29,30). The van der Waals surface area contributed by atoms with Crippen molar-refractivity contribution in [3.8, 4) is 11.4 Å². The average molecular weight is 400 g/mol. The van der Waals surface area contributed by atoms with E-state index in [9.17, 15) is 9.59 Å². The van der Waals surface area contributed by atoms with Gasteiger partial charge in [-0.2, -0.15) is 0 Å². The topological polar surface area (TPSA) is 90.0 Å². The molecule has 0 atom stereocenters. The minimum absolute atomic E-state index is 0.419. The first-order valence-corrected chi connectivity index (χ1v) is 9.81. The Hall–Kier alpha value is -3.94. The fraction of sp³-hybridized carbons (Fsp3) is 0.182. The molecule has 3 aromatic heterocycles. The molecule has 30 heavy (non-hydrogen) atoms. The van der Waals surface area contributed by atoms with Crippen molar-refractivity contribution in [2.24, 2.45) is 7.05 Å². The van der Waals surface area contributed by atoms with Crippen LogP contribution in [-0.2, 0) is 20.0 Å². The highest BCUT2D eigenvalue weighted by Crippen LogP contribution is 2.24. The van der Waals surface area contributed by atoms with Gasteiger partial charge in [0.25, 0.3) is 5.56 Å². The maximum Gasteiger partial charge on any atom is 0.329 e. The lowest BCUT2D eigenvalue weighted by Gasteiger charge is -2.05. The van der Waals surface area contributed by atoms with Gasteiger partial charge in [0.05, 0.1) is 0 Å². The van der Waals surface area contributed by atoms with Crippen molar-refractivity contribution >= 4 is 16.9 Å². The lowest BCUT2D eigenvalue weighted by molar-refractivity contribution is 0.665. The third kappa shape index (κ3) is 2.85. The first-order chi connectivity index (χ1) is 14.6. The first-order valence-electron chi connectivity index (χ1n) is 9.81. The fourth-order valence-electron chi connectivity index (χ4n) is 3.91. The molecule has 8 heteroatoms. The van der Waals surface area contributed by atoms with E-state index < -0.39 is 11.2 Å². The van der Waals surface area contributed by atoms with Crippen LogP contribution in [-0.4, -0.2) is 28.7 Å². The fourth-order valence-corrected chi connectivity index (χ4v) is 3.91. The predicted octanol–water partition coefficient (Wildman–Crippen LogP) is 2.37. The number of aromatic amines is 1. The van der Waals surface area contributed by atoms with E-state index in [1.165, 1.54) is 10.1 Å². The number of imidazole rings is 1. The maximum atomic E-state index is 12.8. The molecule has 3 heterocycles. The maximum absolute atomic E-state index is 12.8. The number of nitrogens with zero attached hydrogens (tertiary/aromatic N) is 5. The zero-order valence-corrected chi connectivity index (χ0v) is 16.4. The summed E-state index contributed by atoms with van der Waals surface area (Å²) < 4.78 is 5.09. The van der Waals surface area contributed by atoms with Crippen molar-refractivity contribution in [3.63, 3.8) is 0 Å². The van der Waals surface area contributed by atoms with E-state index in [0.717, 1.165) is 18.4 Å². The molecule has 0 spiro atoms. The molecule has 150 valence electrons. The van der Waals surface area contributed by atoms with Crippen LogP contribution < -0.4 is 11.2 Å². The van der Waals surface area contributed by atoms with Crippen LogP contribution in [0, 0.1) is 0 Å². The van der Waals surface area contributed by atoms with Crippen LogP contribution in [0.5, 0.6) is 0 Å². The largest absolute Gasteiger partial charge is 0.329 e. The molecule has 5 aromatic rings. The quantitative estimate of drug-likeness (QED) is 0.490. The number of aromatic nitrogens is 6. The van der Waals surface area contributed by atoms with Gasteiger partial charge in [0.1, 0.15) is 0 Å². The van der Waals surface area contributed by atoms with Crippen LogP contribution in [0.3, 0.4) is 0 Å². The van der Waals surface area contributed by atoms with Gasteiger partial charge >= 0.3 is 5.69 Å². The van der Waals surface area contributed by atoms with Gasteiger partial charge in [0, 0.05) is 19.2 Å². The normalized spacial score (nSPS) is 11.5. The summed E-state index contributed by atoms with van der Waals surface area (Å²) in [5.41, 5.74) is 2.12. The number of hydrogen-bond donors (Lipinski definition) is 1. The van der Waals surface area contributed by atoms with E-state index in [1.807, 2.05) is 53.1 Å². The zero-order chi connectivity index (χ0) is 20.7. The number of hydrogen-bond acceptors (Lipinski definition) is 4. The molecular formula is C22H20N6O2. The molecule has 0 bridgehead atoms. The summed E-state index contributed by atoms with van der Waals surface area (Å²) in [6, 6.07) is 19.8. The van der Waals surface area contributed by atoms with Crippen molar-refractivity contribution in [1.82, 2.24) is 28.7 Å². The molecule has 0 unspecified atom stereocenters. The summed E-state index contributed by atoms with van der Waals surface area (Å²) in [6.45, 7) is 0.579. The van der Waals surface area contributed by atoms with Gasteiger partial charge in [-0.25, -0.2) is 9.20 Å². The molecule has 0 aliphatic heterocycles. The van der Waals surface area contributed by atoms with Crippen LogP contribution in [0.2, 0.25) is 0 Å². The van der Waals surface area contributed by atoms with Gasteiger partial charge < -0.3 is 4.57 Å². The third-order valence-corrected chi connectivity index (χ3v) is 5.36. The molecule has 8 nitrogen and oxygen atoms in total. The second-order valence-electron chi connectivity index (χ2n) is 7.26. The van der Waals surface area contributed by atoms with Gasteiger partial charge in [0.2, 0.25) is 5.78 Å². The van der Waals surface area contributed by atoms with Crippen molar-refractivity contribution in [2.45, 2.75) is 19.4 Å². The third-order valence-electron chi connectivity index (χ3n) is 5.36. The predicted molar refractivity (Wildman–Crippen MR) is 115 cm³/mol. The molecule has 0 saturated carbocycles. The Bertz CT molecular complexity index is 1460. The highest BCUT2D eigenvalue weighted by molar-refractivity contribution is 5.79. The Balaban J connectivity index is 1.70. The summed E-state index contributed by atoms with van der Waals surface area (Å²) in [5, 5.41) is 8.75. The molecule has 5 rings (SSSR count). The second-order valence-corrected chi connectivity index (χ2v) is 7.26. The zero-order valence-electron chi connectivity index (χ0n) is 16.4. The molecular weight excluding hydrogens is 380 g/mol. The Kier molecular flexibility index (Phi) is 4.31. The van der Waals surface area contributed by atoms with Gasteiger partial charge in [-0.15, -0.1) is 10.2 Å². The van der Waals surface area contributed by atoms with Crippen LogP contribution >= 0.6 is 0 Å². The molecule has 1 N–H and O–H groups in total. The molecule has 0 fully saturated rings. The molecule has 0 saturated heterocycles. The van der Waals surface area contributed by atoms with Crippen molar-refractivity contribution in [3.05, 3.63) is 87.1 Å². The van der Waals surface area contributed by atoms with E-state index in [0.29, 0.717) is 29.3 Å². The van der Waals surface area contributed by atoms with E-state index in [1.54, 1.807) is 11.4 Å². The summed E-state index contributed by atoms with van der Waals surface area (Å²) in [4.78, 5) is 27.5. The minimum atomic E-state index is -0.469. The van der Waals surface area contributed by atoms with Gasteiger partial charge in [-0.3, -0.25) is 14.3 Å². The summed E-state index contributed by atoms with van der Waals surface area (Å²) in [5.74, 6) is 1.14. The monoisotopic (exact) mass is 400 g/mol. The number of benzene rings is 2. The number of nitrogens with one attached hydrogen (secondary N) is 1. The van der Waals surface area contributed by atoms with E-state index >= 15 is 0 Å². The molecule has 0 aliphatic carbocycles. The minimum Gasteiger partial charge on any atom is -0.302 e. The van der Waals surface area contributed by atoms with Crippen LogP contribution in [0.15, 0.2) is 70.3 Å². The van der Waals surface area contributed by atoms with Crippen LogP contribution in [0.1, 0.15) is 12.0 Å². The number of aryl methyl sites for hydroxylation is 3. The highest BCUT2D eigenvalue weighted by Gasteiger charge is 2.22. The Labute approximate surface area is 171 Å². The number of rotatable bonds is 5. The smallest absolute Gasteiger partial charge is 0.302 e. The Morgan fingerprint density at radius 1 is 0.933 bits per heavy atom. The number of H-pyrrole nitrogens is 1. The van der Waals surface area contributed by atoms with Crippen molar-refractivity contribution in [1.29, 1.82) is 0 Å². The lowest BCUT2D eigenvalue weighted by Crippen LogP contribution is -2.29. The summed E-state index contributed by atoms with van der Waals surface area (Å²) >= 11 is 0. The first kappa shape index (κ1) is 18.1. The van der Waals surface area contributed by atoms with Gasteiger partial charge in [-0.05, 0) is 18.4 Å². The molecule has 2 aromatic carbocycles. The summed E-state index contributed by atoms with van der Waals surface area (Å²) in [7, 11) is 1.64. The van der Waals surface area contributed by atoms with Crippen LogP contribution in [0.25, 0.3) is 28.3 Å². The molecule has 0 amide bonds. The van der Waals surface area contributed by atoms with E-state index in [2.05, 4.69) is 27.3 Å². The van der Waals surface area contributed by atoms with E-state index in [-0.39, 0.29) is 0 Å². The van der Waals surface area contributed by atoms with Gasteiger partial charge in [0.15, 0.2) is 17.0 Å². The average Bonchev–Trinajstić information content (AvgIpc) is 3.33. The van der Waals surface area contributed by atoms with Crippen molar-refractivity contribution < 1.29 is 0 Å². The van der Waals surface area contributed by atoms with Crippen LogP contribution in [0.4, 0.5) is 0 Å². The molecule has 0 aliphatic rings. The number of fused-ring (bicyclic) bond motifs is 3. The highest BCUT2D eigenvalue weighted by atomic mass is 16.2.